The highest BCUT2D eigenvalue weighted by molar-refractivity contribution is 6.43. The van der Waals surface area contributed by atoms with Gasteiger partial charge in [0.25, 0.3) is 5.78 Å². The first kappa shape index (κ1) is 20.1. The smallest absolute Gasteiger partial charge is 0.298 e. The van der Waals surface area contributed by atoms with E-state index < -0.39 is 23.4 Å². The van der Waals surface area contributed by atoms with Crippen molar-refractivity contribution >= 4 is 17.4 Å². The van der Waals surface area contributed by atoms with Gasteiger partial charge in [0.2, 0.25) is 0 Å². The highest BCUT2D eigenvalue weighted by atomic mass is 19.4. The molecule has 1 amide bonds. The zero-order chi connectivity index (χ0) is 21.2. The normalized spacial score (nSPS) is 11.2. The molecule has 0 spiro atoms. The van der Waals surface area contributed by atoms with Crippen LogP contribution < -0.4 is 10.9 Å². The number of ketones is 1. The van der Waals surface area contributed by atoms with Crippen LogP contribution in [0.3, 0.4) is 0 Å². The van der Waals surface area contributed by atoms with Gasteiger partial charge in [-0.1, -0.05) is 24.3 Å². The third-order valence-corrected chi connectivity index (χ3v) is 4.24. The molecule has 6 nitrogen and oxygen atoms in total. The summed E-state index contributed by atoms with van der Waals surface area (Å²) in [5.74, 6) is -1.76. The van der Waals surface area contributed by atoms with Crippen LogP contribution >= 0.6 is 0 Å². The lowest BCUT2D eigenvalue weighted by Crippen LogP contribution is -2.35. The van der Waals surface area contributed by atoms with Crippen molar-refractivity contribution in [1.29, 1.82) is 0 Å². The molecule has 0 radical (unpaired) electrons. The third kappa shape index (κ3) is 4.29. The van der Waals surface area contributed by atoms with Crippen LogP contribution in [-0.2, 0) is 11.0 Å². The molecular weight excluding hydrogens is 385 g/mol. The van der Waals surface area contributed by atoms with Gasteiger partial charge >= 0.3 is 12.1 Å². The van der Waals surface area contributed by atoms with Gasteiger partial charge in [0.15, 0.2) is 0 Å². The average molecular weight is 402 g/mol. The predicted octanol–water partition coefficient (Wildman–Crippen LogP) is 3.83. The zero-order valence-electron chi connectivity index (χ0n) is 15.5. The number of Topliss-reactive ketones (excluding diaryl/α,β-unsaturated/α-hetero) is 1. The number of aromatic nitrogens is 2. The van der Waals surface area contributed by atoms with E-state index in [0.717, 1.165) is 12.1 Å². The molecule has 0 atom stereocenters. The Morgan fingerprint density at radius 1 is 1.00 bits per heavy atom. The van der Waals surface area contributed by atoms with Crippen LogP contribution in [0.1, 0.15) is 27.3 Å². The highest BCUT2D eigenvalue weighted by Crippen LogP contribution is 2.30. The fraction of sp³-hybridized carbons (Fsp3) is 0.150. The molecule has 2 aromatic carbocycles. The lowest BCUT2D eigenvalue weighted by Gasteiger charge is -2.10. The Morgan fingerprint density at radius 3 is 2.34 bits per heavy atom. The van der Waals surface area contributed by atoms with Crippen LogP contribution in [0.5, 0.6) is 0 Å². The van der Waals surface area contributed by atoms with Crippen molar-refractivity contribution < 1.29 is 22.8 Å². The number of amides is 1. The number of carbonyl (C=O) groups is 2. The van der Waals surface area contributed by atoms with Crippen molar-refractivity contribution in [2.75, 3.05) is 5.43 Å². The number of alkyl halides is 3. The second-order valence-corrected chi connectivity index (χ2v) is 6.28. The molecular formula is C20H17F3N4O2. The van der Waals surface area contributed by atoms with Gasteiger partial charge in [-0.25, -0.2) is 4.68 Å². The number of rotatable bonds is 5. The van der Waals surface area contributed by atoms with Crippen molar-refractivity contribution in [2.24, 2.45) is 0 Å². The number of aryl methyl sites for hydroxylation is 1. The molecule has 0 aliphatic heterocycles. The van der Waals surface area contributed by atoms with E-state index >= 15 is 0 Å². The van der Waals surface area contributed by atoms with Crippen molar-refractivity contribution in [3.63, 3.8) is 0 Å². The Hall–Kier alpha value is -3.62. The second-order valence-electron chi connectivity index (χ2n) is 6.28. The summed E-state index contributed by atoms with van der Waals surface area (Å²) in [4.78, 5) is 24.8. The van der Waals surface area contributed by atoms with Gasteiger partial charge in [0, 0.05) is 0 Å². The summed E-state index contributed by atoms with van der Waals surface area (Å²) in [5.41, 5.74) is 5.36. The lowest BCUT2D eigenvalue weighted by atomic mass is 10.1. The Morgan fingerprint density at radius 2 is 1.69 bits per heavy atom. The quantitative estimate of drug-likeness (QED) is 0.386. The number of hydrazine groups is 1. The van der Waals surface area contributed by atoms with E-state index in [2.05, 4.69) is 16.0 Å². The number of benzene rings is 2. The molecule has 29 heavy (non-hydrogen) atoms. The Bertz CT molecular complexity index is 1060. The molecule has 0 aliphatic carbocycles. The van der Waals surface area contributed by atoms with Gasteiger partial charge in [0.05, 0.1) is 33.9 Å². The number of para-hydroxylation sites is 1. The maximum absolute atomic E-state index is 13.0. The van der Waals surface area contributed by atoms with E-state index in [1.165, 1.54) is 30.7 Å². The van der Waals surface area contributed by atoms with Gasteiger partial charge < -0.3 is 0 Å². The molecule has 150 valence electrons. The second kappa shape index (κ2) is 7.78. The molecule has 0 unspecified atom stereocenters. The van der Waals surface area contributed by atoms with E-state index in [1.54, 1.807) is 30.3 Å². The van der Waals surface area contributed by atoms with Crippen molar-refractivity contribution in [2.45, 2.75) is 20.0 Å². The number of nitrogens with zero attached hydrogens (tertiary/aromatic N) is 2. The fourth-order valence-electron chi connectivity index (χ4n) is 2.86. The number of nitrogens with one attached hydrogen (secondary N) is 2. The third-order valence-electron chi connectivity index (χ3n) is 4.24. The van der Waals surface area contributed by atoms with Gasteiger partial charge in [-0.3, -0.25) is 20.4 Å². The van der Waals surface area contributed by atoms with Crippen LogP contribution in [0.25, 0.3) is 5.69 Å². The van der Waals surface area contributed by atoms with E-state index in [4.69, 9.17) is 0 Å². The standard InChI is InChI=1S/C20H17F3N4O2/c1-12-17(18(28)19(29)25-24-15-8-4-3-5-9-15)13(2)27(26-12)16-10-6-7-14(11-16)20(21,22)23/h3-11,24H,1-2H3,(H,25,29). The first-order chi connectivity index (χ1) is 13.7. The SMILES string of the molecule is Cc1nn(-c2cccc(C(F)(F)F)c2)c(C)c1C(=O)C(=O)NNc1ccccc1. The lowest BCUT2D eigenvalue weighted by molar-refractivity contribution is -0.137. The van der Waals surface area contributed by atoms with Gasteiger partial charge in [-0.15, -0.1) is 0 Å². The number of hydrogen-bond donors (Lipinski definition) is 2. The molecule has 1 aromatic heterocycles. The summed E-state index contributed by atoms with van der Waals surface area (Å²) in [6, 6.07) is 13.3. The predicted molar refractivity (Wildman–Crippen MR) is 101 cm³/mol. The topological polar surface area (TPSA) is 76.0 Å². The Balaban J connectivity index is 1.86. The Kier molecular flexibility index (Phi) is 5.40. The minimum Gasteiger partial charge on any atom is -0.298 e. The van der Waals surface area contributed by atoms with Crippen LogP contribution in [0, 0.1) is 13.8 Å². The number of carbonyl (C=O) groups excluding carboxylic acids is 2. The summed E-state index contributed by atoms with van der Waals surface area (Å²) in [6.07, 6.45) is -4.51. The largest absolute Gasteiger partial charge is 0.416 e. The van der Waals surface area contributed by atoms with Crippen molar-refractivity contribution in [3.8, 4) is 5.69 Å². The highest BCUT2D eigenvalue weighted by Gasteiger charge is 2.31. The number of hydrogen-bond acceptors (Lipinski definition) is 4. The summed E-state index contributed by atoms with van der Waals surface area (Å²) >= 11 is 0. The van der Waals surface area contributed by atoms with Crippen LogP contribution in [0.2, 0.25) is 0 Å². The Labute approximate surface area is 164 Å². The summed E-state index contributed by atoms with van der Waals surface area (Å²) in [7, 11) is 0. The maximum atomic E-state index is 13.0. The minimum absolute atomic E-state index is 0.0368. The van der Waals surface area contributed by atoms with Gasteiger partial charge in [0.1, 0.15) is 0 Å². The summed E-state index contributed by atoms with van der Waals surface area (Å²) in [5, 5.41) is 4.15. The summed E-state index contributed by atoms with van der Waals surface area (Å²) in [6.45, 7) is 3.04. The van der Waals surface area contributed by atoms with Crippen molar-refractivity contribution in [3.05, 3.63) is 77.1 Å². The average Bonchev–Trinajstić information content (AvgIpc) is 3.00. The van der Waals surface area contributed by atoms with E-state index in [1.807, 2.05) is 0 Å². The molecule has 0 saturated carbocycles. The van der Waals surface area contributed by atoms with E-state index in [0.29, 0.717) is 5.69 Å². The molecule has 2 N–H and O–H groups in total. The monoisotopic (exact) mass is 402 g/mol. The van der Waals surface area contributed by atoms with Crippen LogP contribution in [0.15, 0.2) is 54.6 Å². The first-order valence-electron chi connectivity index (χ1n) is 8.58. The number of halogens is 3. The molecule has 1 heterocycles. The van der Waals surface area contributed by atoms with Crippen molar-refractivity contribution in [1.82, 2.24) is 15.2 Å². The van der Waals surface area contributed by atoms with Gasteiger partial charge in [-0.2, -0.15) is 18.3 Å². The molecule has 9 heteroatoms. The number of anilines is 1. The molecule has 3 aromatic rings. The molecule has 0 saturated heterocycles. The first-order valence-corrected chi connectivity index (χ1v) is 8.58. The van der Waals surface area contributed by atoms with Crippen LogP contribution in [0.4, 0.5) is 18.9 Å². The molecule has 3 rings (SSSR count). The fourth-order valence-corrected chi connectivity index (χ4v) is 2.86. The molecule has 0 aliphatic rings. The molecule has 0 fully saturated rings. The maximum Gasteiger partial charge on any atom is 0.416 e. The summed E-state index contributed by atoms with van der Waals surface area (Å²) < 4.78 is 40.2. The minimum atomic E-state index is -4.51. The zero-order valence-corrected chi connectivity index (χ0v) is 15.5. The van der Waals surface area contributed by atoms with Gasteiger partial charge in [-0.05, 0) is 44.2 Å². The molecule has 0 bridgehead atoms. The van der Waals surface area contributed by atoms with E-state index in [-0.39, 0.29) is 22.6 Å². The van der Waals surface area contributed by atoms with Crippen LogP contribution in [-0.4, -0.2) is 21.5 Å². The van der Waals surface area contributed by atoms with E-state index in [9.17, 15) is 22.8 Å².